The Balaban J connectivity index is 2.17. The molecule has 0 saturated carbocycles. The summed E-state index contributed by atoms with van der Waals surface area (Å²) >= 11 is 1.49. The normalized spacial score (nSPS) is 10.1. The highest BCUT2D eigenvalue weighted by Gasteiger charge is 1.99. The molecule has 0 radical (unpaired) electrons. The van der Waals surface area contributed by atoms with Crippen LogP contribution in [-0.4, -0.2) is 20.1 Å². The van der Waals surface area contributed by atoms with Crippen molar-refractivity contribution in [3.8, 4) is 0 Å². The molecule has 14 heavy (non-hydrogen) atoms. The summed E-state index contributed by atoms with van der Waals surface area (Å²) < 4.78 is 0. The molecule has 2 rings (SSSR count). The Kier molecular flexibility index (Phi) is 2.66. The summed E-state index contributed by atoms with van der Waals surface area (Å²) in [5, 5.41) is 14.5. The van der Waals surface area contributed by atoms with Crippen LogP contribution >= 0.6 is 11.3 Å². The Morgan fingerprint density at radius 1 is 1.36 bits per heavy atom. The van der Waals surface area contributed by atoms with Gasteiger partial charge in [0.25, 0.3) is 0 Å². The zero-order chi connectivity index (χ0) is 9.80. The maximum absolute atomic E-state index is 8.86. The molecule has 0 atom stereocenters. The van der Waals surface area contributed by atoms with Crippen molar-refractivity contribution < 1.29 is 5.11 Å². The van der Waals surface area contributed by atoms with Crippen molar-refractivity contribution >= 4 is 22.3 Å². The van der Waals surface area contributed by atoms with Gasteiger partial charge >= 0.3 is 0 Å². The second kappa shape index (κ2) is 4.12. The lowest BCUT2D eigenvalue weighted by Crippen LogP contribution is -1.96. The summed E-state index contributed by atoms with van der Waals surface area (Å²) in [6.45, 7) is -0.0882. The molecule has 6 heteroatoms. The van der Waals surface area contributed by atoms with Crippen LogP contribution in [0.1, 0.15) is 5.69 Å². The Hall–Kier alpha value is -1.53. The van der Waals surface area contributed by atoms with Crippen LogP contribution in [0.15, 0.2) is 24.0 Å². The summed E-state index contributed by atoms with van der Waals surface area (Å²) in [4.78, 5) is 11.9. The molecule has 2 heterocycles. The van der Waals surface area contributed by atoms with Gasteiger partial charge < -0.3 is 10.4 Å². The molecule has 0 spiro atoms. The summed E-state index contributed by atoms with van der Waals surface area (Å²) in [5.74, 6) is 0.638. The van der Waals surface area contributed by atoms with Crippen LogP contribution in [0.2, 0.25) is 0 Å². The minimum Gasteiger partial charge on any atom is -0.390 e. The summed E-state index contributed by atoms with van der Waals surface area (Å²) in [5.41, 5.74) is 0.582. The molecule has 0 bridgehead atoms. The lowest BCUT2D eigenvalue weighted by Gasteiger charge is -2.01. The fourth-order valence-electron chi connectivity index (χ4n) is 0.947. The number of hydrogen-bond donors (Lipinski definition) is 2. The van der Waals surface area contributed by atoms with Crippen molar-refractivity contribution in [1.29, 1.82) is 0 Å². The van der Waals surface area contributed by atoms with Crippen molar-refractivity contribution in [2.45, 2.75) is 6.61 Å². The van der Waals surface area contributed by atoms with E-state index in [9.17, 15) is 0 Å². The number of rotatable bonds is 3. The SMILES string of the molecule is OCc1cc(Nc2nccs2)ncn1. The second-order valence-corrected chi connectivity index (χ2v) is 3.41. The maximum Gasteiger partial charge on any atom is 0.188 e. The standard InChI is InChI=1S/C8H8N4OS/c13-4-6-3-7(11-5-10-6)12-8-9-1-2-14-8/h1-3,5,13H,4H2,(H,9,10,11,12). The topological polar surface area (TPSA) is 70.9 Å². The number of aliphatic hydroxyl groups is 1. The maximum atomic E-state index is 8.86. The number of anilines is 2. The van der Waals surface area contributed by atoms with E-state index in [1.807, 2.05) is 5.38 Å². The second-order valence-electron chi connectivity index (χ2n) is 2.51. The first-order valence-corrected chi connectivity index (χ1v) is 4.85. The van der Waals surface area contributed by atoms with Gasteiger partial charge in [0.15, 0.2) is 5.13 Å². The molecule has 2 N–H and O–H groups in total. The fraction of sp³-hybridized carbons (Fsp3) is 0.125. The molecule has 2 aromatic rings. The highest BCUT2D eigenvalue weighted by molar-refractivity contribution is 7.13. The first kappa shape index (κ1) is 9.04. The van der Waals surface area contributed by atoms with Gasteiger partial charge in [-0.05, 0) is 0 Å². The number of aliphatic hydroxyl groups excluding tert-OH is 1. The van der Waals surface area contributed by atoms with E-state index in [1.165, 1.54) is 17.7 Å². The van der Waals surface area contributed by atoms with Crippen LogP contribution in [0.25, 0.3) is 0 Å². The lowest BCUT2D eigenvalue weighted by molar-refractivity contribution is 0.276. The highest BCUT2D eigenvalue weighted by Crippen LogP contribution is 2.16. The third-order valence-electron chi connectivity index (χ3n) is 1.55. The third-order valence-corrected chi connectivity index (χ3v) is 2.24. The first-order valence-electron chi connectivity index (χ1n) is 3.97. The molecule has 0 aliphatic rings. The quantitative estimate of drug-likeness (QED) is 0.792. The molecule has 0 unspecified atom stereocenters. The van der Waals surface area contributed by atoms with Crippen molar-refractivity contribution in [3.05, 3.63) is 29.7 Å². The number of aromatic nitrogens is 3. The first-order chi connectivity index (χ1) is 6.88. The van der Waals surface area contributed by atoms with Crippen LogP contribution in [0.3, 0.4) is 0 Å². The van der Waals surface area contributed by atoms with Crippen LogP contribution < -0.4 is 5.32 Å². The highest BCUT2D eigenvalue weighted by atomic mass is 32.1. The van der Waals surface area contributed by atoms with Crippen molar-refractivity contribution in [3.63, 3.8) is 0 Å². The van der Waals surface area contributed by atoms with Crippen molar-refractivity contribution in [1.82, 2.24) is 15.0 Å². The number of hydrogen-bond acceptors (Lipinski definition) is 6. The summed E-state index contributed by atoms with van der Waals surface area (Å²) in [6.07, 6.45) is 3.11. The van der Waals surface area contributed by atoms with E-state index in [4.69, 9.17) is 5.11 Å². The Labute approximate surface area is 84.5 Å². The van der Waals surface area contributed by atoms with E-state index in [-0.39, 0.29) is 6.61 Å². The molecule has 5 nitrogen and oxygen atoms in total. The van der Waals surface area contributed by atoms with Gasteiger partial charge in [0, 0.05) is 17.6 Å². The van der Waals surface area contributed by atoms with Gasteiger partial charge in [0.05, 0.1) is 12.3 Å². The molecule has 0 amide bonds. The molecule has 0 fully saturated rings. The van der Waals surface area contributed by atoms with Crippen molar-refractivity contribution in [2.24, 2.45) is 0 Å². The van der Waals surface area contributed by atoms with Gasteiger partial charge in [-0.3, -0.25) is 0 Å². The minimum absolute atomic E-state index is 0.0882. The minimum atomic E-state index is -0.0882. The van der Waals surface area contributed by atoms with Gasteiger partial charge in [0.2, 0.25) is 0 Å². The summed E-state index contributed by atoms with van der Waals surface area (Å²) in [7, 11) is 0. The van der Waals surface area contributed by atoms with E-state index in [1.54, 1.807) is 12.3 Å². The smallest absolute Gasteiger partial charge is 0.188 e. The number of nitrogens with one attached hydrogen (secondary N) is 1. The van der Waals surface area contributed by atoms with E-state index >= 15 is 0 Å². The number of nitrogens with zero attached hydrogens (tertiary/aromatic N) is 3. The zero-order valence-electron chi connectivity index (χ0n) is 7.21. The molecule has 72 valence electrons. The molecule has 0 aromatic carbocycles. The Bertz CT molecular complexity index is 403. The van der Waals surface area contributed by atoms with Crippen LogP contribution in [-0.2, 0) is 6.61 Å². The van der Waals surface area contributed by atoms with Gasteiger partial charge in [-0.1, -0.05) is 0 Å². The molecular formula is C8H8N4OS. The molecule has 0 aliphatic heterocycles. The molecular weight excluding hydrogens is 200 g/mol. The van der Waals surface area contributed by atoms with Gasteiger partial charge in [-0.25, -0.2) is 15.0 Å². The van der Waals surface area contributed by atoms with Gasteiger partial charge in [-0.2, -0.15) is 0 Å². The largest absolute Gasteiger partial charge is 0.390 e. The zero-order valence-corrected chi connectivity index (χ0v) is 8.03. The summed E-state index contributed by atoms with van der Waals surface area (Å²) in [6, 6.07) is 1.68. The van der Waals surface area contributed by atoms with Crippen molar-refractivity contribution in [2.75, 3.05) is 5.32 Å². The average Bonchev–Trinajstić information content (AvgIpc) is 2.71. The fourth-order valence-corrected chi connectivity index (χ4v) is 1.48. The van der Waals surface area contributed by atoms with Gasteiger partial charge in [-0.15, -0.1) is 11.3 Å². The third kappa shape index (κ3) is 2.04. The van der Waals surface area contributed by atoms with E-state index in [0.717, 1.165) is 5.13 Å². The van der Waals surface area contributed by atoms with Gasteiger partial charge in [0.1, 0.15) is 12.1 Å². The Morgan fingerprint density at radius 2 is 2.29 bits per heavy atom. The van der Waals surface area contributed by atoms with E-state index in [2.05, 4.69) is 20.3 Å². The lowest BCUT2D eigenvalue weighted by atomic mass is 10.4. The molecule has 2 aromatic heterocycles. The average molecular weight is 208 g/mol. The molecule has 0 saturated heterocycles. The molecule has 0 aliphatic carbocycles. The van der Waals surface area contributed by atoms with Crippen LogP contribution in [0.4, 0.5) is 10.9 Å². The monoisotopic (exact) mass is 208 g/mol. The van der Waals surface area contributed by atoms with Crippen LogP contribution in [0, 0.1) is 0 Å². The van der Waals surface area contributed by atoms with Crippen LogP contribution in [0.5, 0.6) is 0 Å². The number of thiazole rings is 1. The predicted octanol–water partition coefficient (Wildman–Crippen LogP) is 1.17. The van der Waals surface area contributed by atoms with E-state index in [0.29, 0.717) is 11.5 Å². The Morgan fingerprint density at radius 3 is 3.00 bits per heavy atom. The predicted molar refractivity (Wildman–Crippen MR) is 53.4 cm³/mol. The van der Waals surface area contributed by atoms with E-state index < -0.39 is 0 Å².